The third-order valence-corrected chi connectivity index (χ3v) is 8.58. The van der Waals surface area contributed by atoms with E-state index in [0.717, 1.165) is 89.4 Å². The third-order valence-electron chi connectivity index (χ3n) is 8.58. The van der Waals surface area contributed by atoms with Gasteiger partial charge >= 0.3 is 5.97 Å². The lowest BCUT2D eigenvalue weighted by atomic mass is 9.98. The first kappa shape index (κ1) is 29.7. The third kappa shape index (κ3) is 5.55. The quantitative estimate of drug-likeness (QED) is 0.263. The van der Waals surface area contributed by atoms with Crippen LogP contribution in [0.1, 0.15) is 91.5 Å². The van der Waals surface area contributed by atoms with E-state index in [0.29, 0.717) is 19.3 Å². The number of methoxy groups -OCH3 is 1. The van der Waals surface area contributed by atoms with E-state index in [4.69, 9.17) is 14.7 Å². The zero-order valence-corrected chi connectivity index (χ0v) is 25.8. The number of carbonyl (C=O) groups is 2. The van der Waals surface area contributed by atoms with Crippen molar-refractivity contribution in [3.63, 3.8) is 0 Å². The van der Waals surface area contributed by atoms with Crippen LogP contribution in [0.25, 0.3) is 56.5 Å². The topological polar surface area (TPSA) is 101 Å². The van der Waals surface area contributed by atoms with Gasteiger partial charge in [-0.2, -0.15) is 0 Å². The van der Waals surface area contributed by atoms with Crippen molar-refractivity contribution in [1.29, 1.82) is 0 Å². The highest BCUT2D eigenvalue weighted by atomic mass is 16.5. The fourth-order valence-electron chi connectivity index (χ4n) is 5.93. The molecule has 3 aromatic heterocycles. The molecule has 0 fully saturated rings. The van der Waals surface area contributed by atoms with Gasteiger partial charge < -0.3 is 19.5 Å². The number of ketones is 1. The lowest BCUT2D eigenvalue weighted by Gasteiger charge is -2.06. The molecular weight excluding hydrogens is 536 g/mol. The number of nitrogens with zero attached hydrogens (tertiary/aromatic N) is 2. The fourth-order valence-corrected chi connectivity index (χ4v) is 5.93. The number of rotatable bonds is 8. The minimum absolute atomic E-state index is 0.127. The van der Waals surface area contributed by atoms with E-state index in [1.165, 1.54) is 7.11 Å². The lowest BCUT2D eigenvalue weighted by molar-refractivity contribution is -0.140. The van der Waals surface area contributed by atoms with E-state index in [-0.39, 0.29) is 18.2 Å². The summed E-state index contributed by atoms with van der Waals surface area (Å²) in [5.74, 6) is -0.145. The number of nitrogens with one attached hydrogen (secondary N) is 2. The number of allylic oxidation sites excluding steroid dienone is 4. The summed E-state index contributed by atoms with van der Waals surface area (Å²) < 4.78 is 4.94. The summed E-state index contributed by atoms with van der Waals surface area (Å²) in [6.07, 6.45) is 5.47. The van der Waals surface area contributed by atoms with Gasteiger partial charge in [-0.25, -0.2) is 9.97 Å². The van der Waals surface area contributed by atoms with Crippen LogP contribution in [0.2, 0.25) is 0 Å². The van der Waals surface area contributed by atoms with Crippen LogP contribution in [0.15, 0.2) is 37.4 Å². The predicted molar refractivity (Wildman–Crippen MR) is 177 cm³/mol. The standard InChI is InChI=1S/C36H38N4O3/c1-9-24-20(4)28-15-29-23(7)27(13-14-36(42)43-8)35(39-29)18-34-26(12-11-19(3)41)22(6)31(40-34)17-33-25(10-2)21(5)30(38-33)16-32(24)37-28/h9-10,15-18,37-38H,1-2,11-14H2,3-8H3. The number of ether oxygens (including phenoxy) is 1. The normalized spacial score (nSPS) is 13.0. The number of Topliss-reactive ketones (excluding diaryl/α,β-unsaturated/α-hetero) is 1. The summed E-state index contributed by atoms with van der Waals surface area (Å²) in [4.78, 5) is 41.5. The Labute approximate surface area is 252 Å². The number of hydrogen-bond donors (Lipinski definition) is 2. The van der Waals surface area contributed by atoms with Gasteiger partial charge in [-0.05, 0) is 105 Å². The van der Waals surface area contributed by atoms with Crippen LogP contribution in [0.3, 0.4) is 0 Å². The summed E-state index contributed by atoms with van der Waals surface area (Å²) >= 11 is 0. The SMILES string of the molecule is C=Cc1c(C)c2cc3[nH]c(cc4nc(cc5nc(cc1[nH]2)C(C)=C5CCC(C)=O)C(CCC(=O)OC)=C4C)c(C)c3C=C. The Balaban J connectivity index is 1.91. The molecule has 2 aliphatic heterocycles. The lowest BCUT2D eigenvalue weighted by Crippen LogP contribution is -2.00. The van der Waals surface area contributed by atoms with Crippen LogP contribution in [-0.4, -0.2) is 38.8 Å². The molecule has 0 aromatic carbocycles. The van der Waals surface area contributed by atoms with E-state index in [1.807, 2.05) is 25.1 Å². The Morgan fingerprint density at radius 2 is 1.19 bits per heavy atom. The van der Waals surface area contributed by atoms with E-state index in [2.05, 4.69) is 62.1 Å². The van der Waals surface area contributed by atoms with Gasteiger partial charge in [0.15, 0.2) is 0 Å². The number of carbonyl (C=O) groups excluding carboxylic acids is 2. The van der Waals surface area contributed by atoms with Crippen molar-refractivity contribution in [2.45, 2.75) is 60.3 Å². The Morgan fingerprint density at radius 3 is 1.67 bits per heavy atom. The fraction of sp³-hybridized carbons (Fsp3) is 0.278. The molecule has 0 saturated carbocycles. The zero-order valence-electron chi connectivity index (χ0n) is 25.8. The summed E-state index contributed by atoms with van der Waals surface area (Å²) in [7, 11) is 1.40. The average molecular weight is 575 g/mol. The molecule has 5 rings (SSSR count). The highest BCUT2D eigenvalue weighted by molar-refractivity contribution is 5.97. The summed E-state index contributed by atoms with van der Waals surface area (Å²) in [6, 6.07) is 8.21. The highest BCUT2D eigenvalue weighted by Gasteiger charge is 2.22. The molecular formula is C36H38N4O3. The molecule has 0 amide bonds. The molecule has 7 heteroatoms. The van der Waals surface area contributed by atoms with Crippen molar-refractivity contribution < 1.29 is 14.3 Å². The van der Waals surface area contributed by atoms with E-state index < -0.39 is 0 Å². The maximum absolute atomic E-state index is 12.1. The highest BCUT2D eigenvalue weighted by Crippen LogP contribution is 2.38. The van der Waals surface area contributed by atoms with Crippen LogP contribution >= 0.6 is 0 Å². The number of aryl methyl sites for hydroxylation is 2. The first-order chi connectivity index (χ1) is 20.6. The Morgan fingerprint density at radius 1 is 0.721 bits per heavy atom. The second-order valence-corrected chi connectivity index (χ2v) is 11.2. The maximum atomic E-state index is 12.1. The van der Waals surface area contributed by atoms with Gasteiger partial charge in [0, 0.05) is 46.0 Å². The number of aromatic amines is 2. The van der Waals surface area contributed by atoms with Crippen molar-refractivity contribution in [1.82, 2.24) is 19.9 Å². The molecule has 0 radical (unpaired) electrons. The van der Waals surface area contributed by atoms with Gasteiger partial charge in [-0.15, -0.1) is 0 Å². The summed E-state index contributed by atoms with van der Waals surface area (Å²) in [5.41, 5.74) is 15.1. The Bertz CT molecular complexity index is 1930. The predicted octanol–water partition coefficient (Wildman–Crippen LogP) is 8.40. The molecule has 2 aliphatic rings. The zero-order chi connectivity index (χ0) is 31.0. The number of fused-ring (bicyclic) bond motifs is 8. The van der Waals surface area contributed by atoms with Crippen LogP contribution in [0.4, 0.5) is 0 Å². The molecule has 3 aromatic rings. The molecule has 0 aliphatic carbocycles. The van der Waals surface area contributed by atoms with E-state index >= 15 is 0 Å². The van der Waals surface area contributed by atoms with Crippen LogP contribution in [-0.2, 0) is 14.3 Å². The van der Waals surface area contributed by atoms with E-state index in [9.17, 15) is 9.59 Å². The van der Waals surface area contributed by atoms with Crippen molar-refractivity contribution in [3.05, 3.63) is 82.5 Å². The molecule has 0 saturated heterocycles. The first-order valence-corrected chi connectivity index (χ1v) is 14.5. The average Bonchev–Trinajstić information content (AvgIpc) is 3.63. The summed E-state index contributed by atoms with van der Waals surface area (Å²) in [6.45, 7) is 18.0. The second kappa shape index (κ2) is 11.8. The monoisotopic (exact) mass is 574 g/mol. The summed E-state index contributed by atoms with van der Waals surface area (Å²) in [5, 5.41) is 0. The van der Waals surface area contributed by atoms with Crippen molar-refractivity contribution in [3.8, 4) is 0 Å². The van der Waals surface area contributed by atoms with Crippen molar-refractivity contribution in [2.75, 3.05) is 7.11 Å². The van der Waals surface area contributed by atoms with Gasteiger partial charge in [-0.1, -0.05) is 25.3 Å². The van der Waals surface area contributed by atoms with Crippen LogP contribution in [0, 0.1) is 13.8 Å². The minimum Gasteiger partial charge on any atom is -0.469 e. The number of H-pyrrole nitrogens is 2. The molecule has 0 unspecified atom stereocenters. The molecule has 220 valence electrons. The van der Waals surface area contributed by atoms with Gasteiger partial charge in [0.2, 0.25) is 0 Å². The molecule has 0 atom stereocenters. The maximum Gasteiger partial charge on any atom is 0.305 e. The molecule has 2 N–H and O–H groups in total. The second-order valence-electron chi connectivity index (χ2n) is 11.2. The Kier molecular flexibility index (Phi) is 8.18. The first-order valence-electron chi connectivity index (χ1n) is 14.5. The van der Waals surface area contributed by atoms with Gasteiger partial charge in [0.05, 0.1) is 29.9 Å². The number of aromatic nitrogens is 4. The molecule has 43 heavy (non-hydrogen) atoms. The van der Waals surface area contributed by atoms with Gasteiger partial charge in [0.25, 0.3) is 0 Å². The molecule has 5 heterocycles. The number of esters is 1. The van der Waals surface area contributed by atoms with Crippen molar-refractivity contribution in [2.24, 2.45) is 0 Å². The van der Waals surface area contributed by atoms with E-state index in [1.54, 1.807) is 6.92 Å². The van der Waals surface area contributed by atoms with Crippen LogP contribution < -0.4 is 0 Å². The Hall–Kier alpha value is -4.78. The van der Waals surface area contributed by atoms with Gasteiger partial charge in [0.1, 0.15) is 5.78 Å². The minimum atomic E-state index is -0.272. The number of hydrogen-bond acceptors (Lipinski definition) is 5. The largest absolute Gasteiger partial charge is 0.469 e. The molecule has 7 nitrogen and oxygen atoms in total. The van der Waals surface area contributed by atoms with Gasteiger partial charge in [-0.3, -0.25) is 4.79 Å². The van der Waals surface area contributed by atoms with Crippen LogP contribution in [0.5, 0.6) is 0 Å². The molecule has 0 spiro atoms. The molecule has 8 bridgehead atoms. The smallest absolute Gasteiger partial charge is 0.305 e. The van der Waals surface area contributed by atoms with Crippen molar-refractivity contribution >= 4 is 68.3 Å².